The van der Waals surface area contributed by atoms with Gasteiger partial charge in [0.15, 0.2) is 0 Å². The van der Waals surface area contributed by atoms with E-state index >= 15 is 0 Å². The van der Waals surface area contributed by atoms with E-state index in [1.165, 1.54) is 0 Å². The molecule has 1 N–H and O–H groups in total. The van der Waals surface area contributed by atoms with E-state index in [-0.39, 0.29) is 6.10 Å². The third-order valence-electron chi connectivity index (χ3n) is 2.82. The summed E-state index contributed by atoms with van der Waals surface area (Å²) >= 11 is 9.32. The van der Waals surface area contributed by atoms with Gasteiger partial charge in [-0.05, 0) is 34.1 Å². The van der Waals surface area contributed by atoms with E-state index in [0.29, 0.717) is 29.9 Å². The number of nitrogens with one attached hydrogen (secondary N) is 1. The molecule has 0 spiro atoms. The van der Waals surface area contributed by atoms with Crippen LogP contribution in [0, 0.1) is 0 Å². The maximum absolute atomic E-state index is 5.95. The van der Waals surface area contributed by atoms with Crippen molar-refractivity contribution >= 4 is 27.5 Å². The third-order valence-corrected chi connectivity index (χ3v) is 4.04. The molecule has 19 heavy (non-hydrogen) atoms. The first-order chi connectivity index (χ1) is 9.24. The van der Waals surface area contributed by atoms with Crippen LogP contribution in [0.3, 0.4) is 0 Å². The minimum absolute atomic E-state index is 0.151. The Morgan fingerprint density at radius 2 is 2.32 bits per heavy atom. The predicted octanol–water partition coefficient (Wildman–Crippen LogP) is 2.81. The standard InChI is InChI=1S/C12H11BrClN3O2/c13-8-5-7(1-2-9(8)14)12-16-11(17-19-12)10-6-15-3-4-18-10/h1-2,5,10,15H,3-4,6H2. The number of hydrogen-bond acceptors (Lipinski definition) is 5. The summed E-state index contributed by atoms with van der Waals surface area (Å²) in [6.45, 7) is 2.20. The van der Waals surface area contributed by atoms with Crippen LogP contribution < -0.4 is 5.32 Å². The Kier molecular flexibility index (Phi) is 3.83. The molecule has 0 amide bonds. The highest BCUT2D eigenvalue weighted by molar-refractivity contribution is 9.10. The average molecular weight is 345 g/mol. The molecule has 1 saturated heterocycles. The molecule has 1 fully saturated rings. The summed E-state index contributed by atoms with van der Waals surface area (Å²) in [6.07, 6.45) is -0.151. The lowest BCUT2D eigenvalue weighted by atomic mass is 10.2. The summed E-state index contributed by atoms with van der Waals surface area (Å²) in [4.78, 5) is 4.37. The molecule has 1 unspecified atom stereocenters. The number of aromatic nitrogens is 2. The third kappa shape index (κ3) is 2.81. The molecule has 1 aliphatic heterocycles. The van der Waals surface area contributed by atoms with Crippen molar-refractivity contribution in [2.24, 2.45) is 0 Å². The second-order valence-electron chi connectivity index (χ2n) is 4.15. The number of ether oxygens (including phenoxy) is 1. The molecule has 100 valence electrons. The first-order valence-corrected chi connectivity index (χ1v) is 7.02. The highest BCUT2D eigenvalue weighted by atomic mass is 79.9. The number of nitrogens with zero attached hydrogens (tertiary/aromatic N) is 2. The second kappa shape index (κ2) is 5.58. The summed E-state index contributed by atoms with van der Waals surface area (Å²) in [5, 5.41) is 7.84. The lowest BCUT2D eigenvalue weighted by Crippen LogP contribution is -2.33. The first-order valence-electron chi connectivity index (χ1n) is 5.85. The molecule has 1 aromatic heterocycles. The van der Waals surface area contributed by atoms with Crippen molar-refractivity contribution in [3.63, 3.8) is 0 Å². The minimum Gasteiger partial charge on any atom is -0.367 e. The van der Waals surface area contributed by atoms with Gasteiger partial charge >= 0.3 is 0 Å². The zero-order valence-corrected chi connectivity index (χ0v) is 12.2. The van der Waals surface area contributed by atoms with Gasteiger partial charge in [-0.25, -0.2) is 0 Å². The fourth-order valence-corrected chi connectivity index (χ4v) is 2.34. The molecule has 0 bridgehead atoms. The molecule has 2 aromatic rings. The van der Waals surface area contributed by atoms with Crippen molar-refractivity contribution < 1.29 is 9.26 Å². The average Bonchev–Trinajstić information content (AvgIpc) is 2.93. The highest BCUT2D eigenvalue weighted by Crippen LogP contribution is 2.28. The SMILES string of the molecule is Clc1ccc(-c2nc(C3CNCCO3)no2)cc1Br. The Morgan fingerprint density at radius 3 is 3.05 bits per heavy atom. The quantitative estimate of drug-likeness (QED) is 0.908. The van der Waals surface area contributed by atoms with Gasteiger partial charge in [0.25, 0.3) is 5.89 Å². The highest BCUT2D eigenvalue weighted by Gasteiger charge is 2.22. The van der Waals surface area contributed by atoms with Gasteiger partial charge in [-0.1, -0.05) is 16.8 Å². The van der Waals surface area contributed by atoms with Crippen LogP contribution in [0.15, 0.2) is 27.2 Å². The van der Waals surface area contributed by atoms with Crippen molar-refractivity contribution in [3.05, 3.63) is 33.5 Å². The molecular weight excluding hydrogens is 334 g/mol. The smallest absolute Gasteiger partial charge is 0.258 e. The Balaban J connectivity index is 1.85. The zero-order valence-electron chi connectivity index (χ0n) is 9.90. The summed E-state index contributed by atoms with van der Waals surface area (Å²) in [7, 11) is 0. The van der Waals surface area contributed by atoms with Gasteiger partial charge in [-0.3, -0.25) is 0 Å². The molecule has 1 aromatic carbocycles. The monoisotopic (exact) mass is 343 g/mol. The van der Waals surface area contributed by atoms with Crippen molar-refractivity contribution in [3.8, 4) is 11.5 Å². The Hall–Kier alpha value is -0.950. The van der Waals surface area contributed by atoms with Crippen molar-refractivity contribution in [2.45, 2.75) is 6.10 Å². The summed E-state index contributed by atoms with van der Waals surface area (Å²) in [6, 6.07) is 5.47. The van der Waals surface area contributed by atoms with Gasteiger partial charge in [0.05, 0.1) is 11.6 Å². The lowest BCUT2D eigenvalue weighted by molar-refractivity contribution is 0.0208. The van der Waals surface area contributed by atoms with Crippen LogP contribution in [0.1, 0.15) is 11.9 Å². The van der Waals surface area contributed by atoms with E-state index in [0.717, 1.165) is 16.6 Å². The molecule has 0 aliphatic carbocycles. The van der Waals surface area contributed by atoms with Crippen LogP contribution in [0.2, 0.25) is 5.02 Å². The molecule has 0 saturated carbocycles. The molecular formula is C12H11BrClN3O2. The molecule has 2 heterocycles. The van der Waals surface area contributed by atoms with Gasteiger partial charge in [0, 0.05) is 23.1 Å². The number of rotatable bonds is 2. The van der Waals surface area contributed by atoms with E-state index < -0.39 is 0 Å². The number of halogens is 2. The van der Waals surface area contributed by atoms with Gasteiger partial charge < -0.3 is 14.6 Å². The van der Waals surface area contributed by atoms with Crippen LogP contribution in [0.4, 0.5) is 0 Å². The molecule has 3 rings (SSSR count). The number of benzene rings is 1. The minimum atomic E-state index is -0.151. The van der Waals surface area contributed by atoms with Gasteiger partial charge in [0.1, 0.15) is 6.10 Å². The lowest BCUT2D eigenvalue weighted by Gasteiger charge is -2.20. The Labute approximate surface area is 123 Å². The predicted molar refractivity (Wildman–Crippen MR) is 74.0 cm³/mol. The summed E-state index contributed by atoms with van der Waals surface area (Å²) in [5.74, 6) is 1.02. The van der Waals surface area contributed by atoms with Gasteiger partial charge in [-0.15, -0.1) is 0 Å². The zero-order chi connectivity index (χ0) is 13.2. The van der Waals surface area contributed by atoms with Crippen LogP contribution in [0.25, 0.3) is 11.5 Å². The van der Waals surface area contributed by atoms with Crippen LogP contribution in [-0.4, -0.2) is 29.8 Å². The summed E-state index contributed by atoms with van der Waals surface area (Å²) in [5.41, 5.74) is 0.818. The maximum Gasteiger partial charge on any atom is 0.258 e. The Morgan fingerprint density at radius 1 is 1.42 bits per heavy atom. The topological polar surface area (TPSA) is 60.2 Å². The normalized spacial score (nSPS) is 19.6. The fraction of sp³-hybridized carbons (Fsp3) is 0.333. The summed E-state index contributed by atoms with van der Waals surface area (Å²) < 4.78 is 11.6. The Bertz CT molecular complexity index is 584. The van der Waals surface area contributed by atoms with Crippen LogP contribution in [0.5, 0.6) is 0 Å². The number of hydrogen-bond donors (Lipinski definition) is 1. The molecule has 1 atom stereocenters. The van der Waals surface area contributed by atoms with Crippen LogP contribution >= 0.6 is 27.5 Å². The van der Waals surface area contributed by atoms with E-state index in [1.807, 2.05) is 12.1 Å². The van der Waals surface area contributed by atoms with E-state index in [9.17, 15) is 0 Å². The molecule has 5 nitrogen and oxygen atoms in total. The van der Waals surface area contributed by atoms with Crippen LogP contribution in [-0.2, 0) is 4.74 Å². The fourth-order valence-electron chi connectivity index (χ4n) is 1.84. The van der Waals surface area contributed by atoms with E-state index in [1.54, 1.807) is 6.07 Å². The van der Waals surface area contributed by atoms with E-state index in [2.05, 4.69) is 31.4 Å². The van der Waals surface area contributed by atoms with Crippen molar-refractivity contribution in [2.75, 3.05) is 19.7 Å². The van der Waals surface area contributed by atoms with Gasteiger partial charge in [0.2, 0.25) is 5.82 Å². The van der Waals surface area contributed by atoms with Crippen molar-refractivity contribution in [1.82, 2.24) is 15.5 Å². The molecule has 1 aliphatic rings. The van der Waals surface area contributed by atoms with Gasteiger partial charge in [-0.2, -0.15) is 4.98 Å². The van der Waals surface area contributed by atoms with E-state index in [4.69, 9.17) is 20.9 Å². The largest absolute Gasteiger partial charge is 0.367 e. The van der Waals surface area contributed by atoms with Crippen molar-refractivity contribution in [1.29, 1.82) is 0 Å². The first kappa shape index (κ1) is 13.1. The number of morpholine rings is 1. The molecule has 7 heteroatoms. The second-order valence-corrected chi connectivity index (χ2v) is 5.41. The maximum atomic E-state index is 5.95. The molecule has 0 radical (unpaired) electrons.